The van der Waals surface area contributed by atoms with E-state index in [1.165, 1.54) is 116 Å². The van der Waals surface area contributed by atoms with Gasteiger partial charge in [-0.25, -0.2) is 4.79 Å². The zero-order chi connectivity index (χ0) is 21.4. The topological polar surface area (TPSA) is 26.3 Å². The number of carbonyl (C=O) groups is 1. The van der Waals surface area contributed by atoms with E-state index < -0.39 is 0 Å². The Hall–Kier alpha value is -0.790. The fourth-order valence-corrected chi connectivity index (χ4v) is 3.78. The molecule has 0 unspecified atom stereocenters. The molecular weight excluding hydrogens is 356 g/mol. The van der Waals surface area contributed by atoms with E-state index in [1.54, 1.807) is 0 Å². The second-order valence-electron chi connectivity index (χ2n) is 8.85. The van der Waals surface area contributed by atoms with Crippen LogP contribution in [0.1, 0.15) is 149 Å². The fourth-order valence-electron chi connectivity index (χ4n) is 3.78. The Morgan fingerprint density at radius 3 is 1.31 bits per heavy atom. The molecule has 0 atom stereocenters. The number of carbonyl (C=O) groups excluding carboxylic acids is 1. The van der Waals surface area contributed by atoms with Crippen molar-refractivity contribution in [2.45, 2.75) is 149 Å². The molecule has 2 nitrogen and oxygen atoms in total. The molecule has 0 aromatic heterocycles. The molecule has 0 aliphatic carbocycles. The molecule has 0 heterocycles. The maximum atomic E-state index is 12.0. The van der Waals surface area contributed by atoms with E-state index in [2.05, 4.69) is 20.4 Å². The maximum absolute atomic E-state index is 12.0. The van der Waals surface area contributed by atoms with Crippen LogP contribution in [0.3, 0.4) is 0 Å². The lowest BCUT2D eigenvalue weighted by atomic mass is 10.0. The van der Waals surface area contributed by atoms with Gasteiger partial charge in [0.15, 0.2) is 0 Å². The van der Waals surface area contributed by atoms with Gasteiger partial charge in [-0.05, 0) is 19.3 Å². The molecule has 0 aromatic rings. The molecule has 172 valence electrons. The summed E-state index contributed by atoms with van der Waals surface area (Å²) >= 11 is 0. The highest BCUT2D eigenvalue weighted by molar-refractivity contribution is 5.87. The van der Waals surface area contributed by atoms with Gasteiger partial charge in [0.05, 0.1) is 6.61 Å². The van der Waals surface area contributed by atoms with Crippen molar-refractivity contribution in [3.8, 4) is 0 Å². The third kappa shape index (κ3) is 21.7. The highest BCUT2D eigenvalue weighted by Gasteiger charge is 2.07. The van der Waals surface area contributed by atoms with Crippen molar-refractivity contribution in [2.24, 2.45) is 0 Å². The first-order valence-electron chi connectivity index (χ1n) is 13.1. The number of unbranched alkanes of at least 4 members (excludes halogenated alkanes) is 18. The van der Waals surface area contributed by atoms with Crippen LogP contribution in [0.4, 0.5) is 0 Å². The normalized spacial score (nSPS) is 11.0. The fraction of sp³-hybridized carbons (Fsp3) is 0.889. The lowest BCUT2D eigenvalue weighted by molar-refractivity contribution is -0.139. The van der Waals surface area contributed by atoms with Crippen molar-refractivity contribution in [3.05, 3.63) is 12.2 Å². The Bertz CT molecular complexity index is 362. The van der Waals surface area contributed by atoms with E-state index in [1.807, 2.05) is 0 Å². The Balaban J connectivity index is 3.32. The summed E-state index contributed by atoms with van der Waals surface area (Å²) in [6.07, 6.45) is 27.0. The van der Waals surface area contributed by atoms with Crippen molar-refractivity contribution in [3.63, 3.8) is 0 Å². The van der Waals surface area contributed by atoms with Crippen molar-refractivity contribution in [2.75, 3.05) is 6.61 Å². The molecule has 29 heavy (non-hydrogen) atoms. The smallest absolute Gasteiger partial charge is 0.333 e. The zero-order valence-corrected chi connectivity index (χ0v) is 20.1. The molecule has 0 aromatic carbocycles. The molecule has 2 heteroatoms. The molecule has 0 aliphatic rings. The van der Waals surface area contributed by atoms with Crippen molar-refractivity contribution in [1.82, 2.24) is 0 Å². The summed E-state index contributed by atoms with van der Waals surface area (Å²) in [6, 6.07) is 0. The van der Waals surface area contributed by atoms with Gasteiger partial charge in [0.2, 0.25) is 0 Å². The van der Waals surface area contributed by atoms with Gasteiger partial charge in [-0.15, -0.1) is 0 Å². The van der Waals surface area contributed by atoms with Crippen LogP contribution in [-0.4, -0.2) is 12.6 Å². The van der Waals surface area contributed by atoms with Crippen LogP contribution >= 0.6 is 0 Å². The minimum Gasteiger partial charge on any atom is -0.462 e. The van der Waals surface area contributed by atoms with E-state index in [0.717, 1.165) is 19.3 Å². The quantitative estimate of drug-likeness (QED) is 0.0956. The molecule has 0 fully saturated rings. The minimum absolute atomic E-state index is 0.170. The molecule has 0 N–H and O–H groups in total. The number of hydrogen-bond donors (Lipinski definition) is 0. The standard InChI is InChI=1S/C27H52O2/c1-4-6-8-10-12-14-16-18-20-22-24-26(3)27(28)29-25-23-21-19-17-15-13-11-9-7-5-2/h3-25H2,1-2H3. The summed E-state index contributed by atoms with van der Waals surface area (Å²) in [4.78, 5) is 12.0. The molecule has 0 amide bonds. The molecule has 0 saturated carbocycles. The Morgan fingerprint density at radius 1 is 0.552 bits per heavy atom. The molecule has 0 aliphatic heterocycles. The van der Waals surface area contributed by atoms with Crippen LogP contribution < -0.4 is 0 Å². The molecule has 0 saturated heterocycles. The minimum atomic E-state index is -0.170. The third-order valence-electron chi connectivity index (χ3n) is 5.85. The van der Waals surface area contributed by atoms with Crippen molar-refractivity contribution in [1.29, 1.82) is 0 Å². The first-order valence-corrected chi connectivity index (χ1v) is 13.1. The lowest BCUT2D eigenvalue weighted by Gasteiger charge is -2.07. The summed E-state index contributed by atoms with van der Waals surface area (Å²) in [7, 11) is 0. The van der Waals surface area contributed by atoms with Gasteiger partial charge in [0.25, 0.3) is 0 Å². The third-order valence-corrected chi connectivity index (χ3v) is 5.85. The Kier molecular flexibility index (Phi) is 22.8. The number of hydrogen-bond acceptors (Lipinski definition) is 2. The highest BCUT2D eigenvalue weighted by atomic mass is 16.5. The zero-order valence-electron chi connectivity index (χ0n) is 20.1. The van der Waals surface area contributed by atoms with Gasteiger partial charge in [0.1, 0.15) is 0 Å². The summed E-state index contributed by atoms with van der Waals surface area (Å²) in [5, 5.41) is 0. The van der Waals surface area contributed by atoms with Gasteiger partial charge in [-0.3, -0.25) is 0 Å². The van der Waals surface area contributed by atoms with Crippen LogP contribution in [0.25, 0.3) is 0 Å². The van der Waals surface area contributed by atoms with Crippen molar-refractivity contribution < 1.29 is 9.53 Å². The summed E-state index contributed by atoms with van der Waals surface area (Å²) in [6.45, 7) is 9.02. The Morgan fingerprint density at radius 2 is 0.897 bits per heavy atom. The SMILES string of the molecule is C=C(CCCCCCCCCCCC)C(=O)OCCCCCCCCCCCC. The van der Waals surface area contributed by atoms with E-state index in [9.17, 15) is 4.79 Å². The summed E-state index contributed by atoms with van der Waals surface area (Å²) in [5.74, 6) is -0.170. The van der Waals surface area contributed by atoms with Gasteiger partial charge in [0, 0.05) is 5.57 Å². The number of esters is 1. The highest BCUT2D eigenvalue weighted by Crippen LogP contribution is 2.14. The van der Waals surface area contributed by atoms with Crippen molar-refractivity contribution >= 4 is 5.97 Å². The molecule has 0 spiro atoms. The first-order chi connectivity index (χ1) is 14.2. The molecule has 0 bridgehead atoms. The molecule has 0 rings (SSSR count). The summed E-state index contributed by atoms with van der Waals surface area (Å²) < 4.78 is 5.38. The van der Waals surface area contributed by atoms with Crippen LogP contribution in [0, 0.1) is 0 Å². The van der Waals surface area contributed by atoms with Gasteiger partial charge >= 0.3 is 5.97 Å². The van der Waals surface area contributed by atoms with Crippen LogP contribution in [0.2, 0.25) is 0 Å². The van der Waals surface area contributed by atoms with E-state index in [-0.39, 0.29) is 5.97 Å². The van der Waals surface area contributed by atoms with Crippen LogP contribution in [0.5, 0.6) is 0 Å². The van der Waals surface area contributed by atoms with Gasteiger partial charge in [-0.2, -0.15) is 0 Å². The van der Waals surface area contributed by atoms with E-state index in [0.29, 0.717) is 12.2 Å². The van der Waals surface area contributed by atoms with Gasteiger partial charge < -0.3 is 4.74 Å². The monoisotopic (exact) mass is 408 g/mol. The molecule has 0 radical (unpaired) electrons. The second-order valence-corrected chi connectivity index (χ2v) is 8.85. The second kappa shape index (κ2) is 23.5. The summed E-state index contributed by atoms with van der Waals surface area (Å²) in [5.41, 5.74) is 0.664. The Labute approximate surface area is 183 Å². The average molecular weight is 409 g/mol. The predicted molar refractivity (Wildman–Crippen MR) is 128 cm³/mol. The maximum Gasteiger partial charge on any atom is 0.333 e. The van der Waals surface area contributed by atoms with Gasteiger partial charge in [-0.1, -0.05) is 136 Å². The first kappa shape index (κ1) is 28.2. The van der Waals surface area contributed by atoms with Crippen LogP contribution in [-0.2, 0) is 9.53 Å². The number of rotatable bonds is 23. The van der Waals surface area contributed by atoms with E-state index >= 15 is 0 Å². The van der Waals surface area contributed by atoms with E-state index in [4.69, 9.17) is 4.74 Å². The largest absolute Gasteiger partial charge is 0.462 e. The van der Waals surface area contributed by atoms with Crippen LogP contribution in [0.15, 0.2) is 12.2 Å². The predicted octanol–water partition coefficient (Wildman–Crippen LogP) is 9.32. The lowest BCUT2D eigenvalue weighted by Crippen LogP contribution is -2.08. The molecular formula is C27H52O2. The average Bonchev–Trinajstić information content (AvgIpc) is 2.73. The number of ether oxygens (including phenoxy) is 1.